The second-order valence-electron chi connectivity index (χ2n) is 6.23. The van der Waals surface area contributed by atoms with Crippen molar-refractivity contribution >= 4 is 38.9 Å². The first kappa shape index (κ1) is 24.6. The van der Waals surface area contributed by atoms with Gasteiger partial charge in [0.15, 0.2) is 11.5 Å². The first-order valence-corrected chi connectivity index (χ1v) is 10.7. The molecule has 12 heteroatoms. The molecule has 2 rings (SSSR count). The Bertz CT molecular complexity index is 1090. The van der Waals surface area contributed by atoms with Gasteiger partial charge in [-0.3, -0.25) is 9.10 Å². The molecule has 0 radical (unpaired) electrons. The summed E-state index contributed by atoms with van der Waals surface area (Å²) >= 11 is 5.67. The van der Waals surface area contributed by atoms with Gasteiger partial charge in [-0.2, -0.15) is 13.2 Å². The lowest BCUT2D eigenvalue weighted by Gasteiger charge is -2.23. The molecule has 2 aromatic carbocycles. The number of amides is 1. The number of nitrogens with one attached hydrogen (secondary N) is 1. The number of rotatable bonds is 7. The van der Waals surface area contributed by atoms with Crippen molar-refractivity contribution in [2.75, 3.05) is 36.6 Å². The lowest BCUT2D eigenvalue weighted by molar-refractivity contribution is -0.136. The maximum atomic E-state index is 13.4. The summed E-state index contributed by atoms with van der Waals surface area (Å²) in [4.78, 5) is 13.0. The van der Waals surface area contributed by atoms with E-state index in [1.54, 1.807) is 0 Å². The predicted octanol–water partition coefficient (Wildman–Crippen LogP) is 4.41. The van der Waals surface area contributed by atoms with Gasteiger partial charge in [-0.25, -0.2) is 8.42 Å². The van der Waals surface area contributed by atoms with Gasteiger partial charge in [0.05, 0.1) is 42.5 Å². The van der Waals surface area contributed by atoms with Crippen LogP contribution in [0.4, 0.5) is 24.5 Å². The molecule has 0 aliphatic heterocycles. The van der Waals surface area contributed by atoms with Crippen molar-refractivity contribution in [2.45, 2.75) is 13.1 Å². The molecule has 0 saturated carbocycles. The fourth-order valence-electron chi connectivity index (χ4n) is 2.70. The number of carbonyl (C=O) groups excluding carboxylic acids is 1. The third-order valence-electron chi connectivity index (χ3n) is 4.40. The van der Waals surface area contributed by atoms with Gasteiger partial charge in [-0.1, -0.05) is 11.6 Å². The lowest BCUT2D eigenvalue weighted by atomic mass is 10.1. The number of carbonyl (C=O) groups is 1. The first-order chi connectivity index (χ1) is 14.3. The van der Waals surface area contributed by atoms with E-state index in [2.05, 4.69) is 5.32 Å². The molecule has 0 bridgehead atoms. The first-order valence-electron chi connectivity index (χ1n) is 8.76. The third kappa shape index (κ3) is 5.34. The number of anilines is 2. The van der Waals surface area contributed by atoms with E-state index in [1.807, 2.05) is 0 Å². The highest BCUT2D eigenvalue weighted by Gasteiger charge is 2.35. The smallest absolute Gasteiger partial charge is 0.418 e. The molecule has 0 aliphatic rings. The van der Waals surface area contributed by atoms with Crippen molar-refractivity contribution in [1.82, 2.24) is 0 Å². The topological polar surface area (TPSA) is 84.9 Å². The summed E-state index contributed by atoms with van der Waals surface area (Å²) in [6.45, 7) is 1.41. The molecule has 1 N–H and O–H groups in total. The van der Waals surface area contributed by atoms with E-state index in [-0.39, 0.29) is 33.5 Å². The summed E-state index contributed by atoms with van der Waals surface area (Å²) in [6.07, 6.45) is -4.78. The standard InChI is InChI=1S/C19H20ClF3N2O5S/c1-5-31(27,28)25(2)15-10-17(30-4)16(29-3)9-12(15)18(26)24-14-7-6-11(20)8-13(14)19(21,22)23/h6-10H,5H2,1-4H3,(H,24,26). The van der Waals surface area contributed by atoms with Crippen molar-refractivity contribution in [2.24, 2.45) is 0 Å². The zero-order valence-electron chi connectivity index (χ0n) is 17.0. The largest absolute Gasteiger partial charge is 0.493 e. The van der Waals surface area contributed by atoms with E-state index >= 15 is 0 Å². The van der Waals surface area contributed by atoms with Crippen molar-refractivity contribution in [1.29, 1.82) is 0 Å². The zero-order valence-corrected chi connectivity index (χ0v) is 18.6. The van der Waals surface area contributed by atoms with Gasteiger partial charge < -0.3 is 14.8 Å². The minimum absolute atomic E-state index is 0.0887. The van der Waals surface area contributed by atoms with Gasteiger partial charge in [-0.15, -0.1) is 0 Å². The number of ether oxygens (including phenoxy) is 2. The van der Waals surface area contributed by atoms with Gasteiger partial charge in [0.1, 0.15) is 0 Å². The average molecular weight is 481 g/mol. The maximum Gasteiger partial charge on any atom is 0.418 e. The summed E-state index contributed by atoms with van der Waals surface area (Å²) in [5, 5.41) is 2.02. The van der Waals surface area contributed by atoms with E-state index in [9.17, 15) is 26.4 Å². The Balaban J connectivity index is 2.63. The summed E-state index contributed by atoms with van der Waals surface area (Å²) in [5.74, 6) is -1.03. The van der Waals surface area contributed by atoms with Gasteiger partial charge in [-0.05, 0) is 31.2 Å². The predicted molar refractivity (Wildman–Crippen MR) is 112 cm³/mol. The van der Waals surface area contributed by atoms with Crippen LogP contribution < -0.4 is 19.1 Å². The number of halogens is 4. The van der Waals surface area contributed by atoms with Crippen LogP contribution in [-0.4, -0.2) is 41.3 Å². The van der Waals surface area contributed by atoms with E-state index in [0.29, 0.717) is 6.07 Å². The molecule has 0 unspecified atom stereocenters. The van der Waals surface area contributed by atoms with Crippen LogP contribution in [0, 0.1) is 0 Å². The molecule has 2 aromatic rings. The zero-order chi connectivity index (χ0) is 23.6. The van der Waals surface area contributed by atoms with Gasteiger partial charge in [0.2, 0.25) is 10.0 Å². The number of benzene rings is 2. The second kappa shape index (κ2) is 9.23. The molecule has 0 fully saturated rings. The minimum Gasteiger partial charge on any atom is -0.493 e. The van der Waals surface area contributed by atoms with Crippen LogP contribution in [0.3, 0.4) is 0 Å². The van der Waals surface area contributed by atoms with Crippen molar-refractivity contribution in [3.8, 4) is 11.5 Å². The third-order valence-corrected chi connectivity index (χ3v) is 6.40. The SMILES string of the molecule is CCS(=O)(=O)N(C)c1cc(OC)c(OC)cc1C(=O)Nc1ccc(Cl)cc1C(F)(F)F. The van der Waals surface area contributed by atoms with Crippen LogP contribution in [0.1, 0.15) is 22.8 Å². The molecule has 0 saturated heterocycles. The van der Waals surface area contributed by atoms with Crippen LogP contribution in [0.25, 0.3) is 0 Å². The quantitative estimate of drug-likeness (QED) is 0.634. The summed E-state index contributed by atoms with van der Waals surface area (Å²) in [5.41, 5.74) is -2.02. The molecule has 1 amide bonds. The number of sulfonamides is 1. The van der Waals surface area contributed by atoms with E-state index in [4.69, 9.17) is 21.1 Å². The fourth-order valence-corrected chi connectivity index (χ4v) is 3.71. The van der Waals surface area contributed by atoms with Gasteiger partial charge >= 0.3 is 6.18 Å². The molecule has 0 heterocycles. The lowest BCUT2D eigenvalue weighted by Crippen LogP contribution is -2.30. The van der Waals surface area contributed by atoms with Crippen molar-refractivity contribution in [3.05, 3.63) is 46.5 Å². The number of hydrogen-bond acceptors (Lipinski definition) is 5. The maximum absolute atomic E-state index is 13.4. The molecule has 7 nitrogen and oxygen atoms in total. The number of alkyl halides is 3. The van der Waals surface area contributed by atoms with Crippen LogP contribution in [0.15, 0.2) is 30.3 Å². The van der Waals surface area contributed by atoms with Crippen LogP contribution >= 0.6 is 11.6 Å². The molecule has 31 heavy (non-hydrogen) atoms. The normalized spacial score (nSPS) is 11.7. The number of methoxy groups -OCH3 is 2. The molecule has 0 atom stereocenters. The van der Waals surface area contributed by atoms with Gasteiger partial charge in [0.25, 0.3) is 5.91 Å². The summed E-state index contributed by atoms with van der Waals surface area (Å²) in [6, 6.07) is 5.33. The number of hydrogen-bond donors (Lipinski definition) is 1. The Labute approximate surface area is 182 Å². The van der Waals surface area contributed by atoms with Crippen LogP contribution in [0.5, 0.6) is 11.5 Å². The Hall–Kier alpha value is -2.66. The Morgan fingerprint density at radius 1 is 1.13 bits per heavy atom. The van der Waals surface area contributed by atoms with Crippen molar-refractivity contribution < 1.29 is 35.9 Å². The molecule has 0 spiro atoms. The fraction of sp³-hybridized carbons (Fsp3) is 0.316. The molecule has 170 valence electrons. The van der Waals surface area contributed by atoms with E-state index < -0.39 is 33.4 Å². The summed E-state index contributed by atoms with van der Waals surface area (Å²) < 4.78 is 76.0. The molecule has 0 aromatic heterocycles. The van der Waals surface area contributed by atoms with E-state index in [1.165, 1.54) is 46.4 Å². The minimum atomic E-state index is -4.78. The highest BCUT2D eigenvalue weighted by Crippen LogP contribution is 2.39. The summed E-state index contributed by atoms with van der Waals surface area (Å²) in [7, 11) is 0.0371. The molecular formula is C19H20ClF3N2O5S. The van der Waals surface area contributed by atoms with Crippen LogP contribution in [-0.2, 0) is 16.2 Å². The Morgan fingerprint density at radius 3 is 2.23 bits per heavy atom. The molecule has 0 aliphatic carbocycles. The second-order valence-corrected chi connectivity index (χ2v) is 8.96. The number of nitrogens with zero attached hydrogens (tertiary/aromatic N) is 1. The van der Waals surface area contributed by atoms with Gasteiger partial charge in [0, 0.05) is 18.1 Å². The molecular weight excluding hydrogens is 461 g/mol. The van der Waals surface area contributed by atoms with Crippen LogP contribution in [0.2, 0.25) is 5.02 Å². The Morgan fingerprint density at radius 2 is 1.71 bits per heavy atom. The highest BCUT2D eigenvalue weighted by molar-refractivity contribution is 7.92. The Kier molecular flexibility index (Phi) is 7.32. The monoisotopic (exact) mass is 480 g/mol. The highest BCUT2D eigenvalue weighted by atomic mass is 35.5. The van der Waals surface area contributed by atoms with Crippen molar-refractivity contribution in [3.63, 3.8) is 0 Å². The van der Waals surface area contributed by atoms with E-state index in [0.717, 1.165) is 10.4 Å². The average Bonchev–Trinajstić information content (AvgIpc) is 2.72.